The van der Waals surface area contributed by atoms with Gasteiger partial charge in [0.1, 0.15) is 0 Å². The molecule has 1 heterocycles. The molecule has 6 nitrogen and oxygen atoms in total. The highest BCUT2D eigenvalue weighted by Crippen LogP contribution is 2.20. The van der Waals surface area contributed by atoms with E-state index in [4.69, 9.17) is 0 Å². The van der Waals surface area contributed by atoms with E-state index in [0.29, 0.717) is 11.1 Å². The van der Waals surface area contributed by atoms with Crippen LogP contribution in [0.2, 0.25) is 0 Å². The highest BCUT2D eigenvalue weighted by Gasteiger charge is 2.13. The van der Waals surface area contributed by atoms with Crippen LogP contribution in [0.25, 0.3) is 10.9 Å². The minimum Gasteiger partial charge on any atom is -0.465 e. The van der Waals surface area contributed by atoms with Gasteiger partial charge in [-0.1, -0.05) is 6.07 Å². The van der Waals surface area contributed by atoms with Crippen LogP contribution in [0.5, 0.6) is 0 Å². The van der Waals surface area contributed by atoms with Crippen molar-refractivity contribution in [2.45, 2.75) is 6.10 Å². The number of nitrogens with zero attached hydrogens (tertiary/aromatic N) is 1. The number of aliphatic hydroxyl groups excluding tert-OH is 1. The molecule has 0 spiro atoms. The summed E-state index contributed by atoms with van der Waals surface area (Å²) >= 11 is 0. The van der Waals surface area contributed by atoms with E-state index in [0.717, 1.165) is 16.5 Å². The molecule has 1 aromatic heterocycles. The van der Waals surface area contributed by atoms with Crippen LogP contribution in [0.3, 0.4) is 0 Å². The van der Waals surface area contributed by atoms with Gasteiger partial charge < -0.3 is 19.7 Å². The third-order valence-corrected chi connectivity index (χ3v) is 4.32. The summed E-state index contributed by atoms with van der Waals surface area (Å²) < 4.78 is 6.63. The molecule has 134 valence electrons. The Balaban J connectivity index is 1.63. The van der Waals surface area contributed by atoms with Crippen molar-refractivity contribution in [2.24, 2.45) is 7.05 Å². The molecule has 0 aliphatic rings. The summed E-state index contributed by atoms with van der Waals surface area (Å²) in [6.45, 7) is 0.0932. The van der Waals surface area contributed by atoms with Gasteiger partial charge in [-0.3, -0.25) is 4.79 Å². The molecule has 2 aromatic carbocycles. The quantitative estimate of drug-likeness (QED) is 0.691. The second-order valence-electron chi connectivity index (χ2n) is 6.04. The zero-order valence-corrected chi connectivity index (χ0v) is 14.6. The Kier molecular flexibility index (Phi) is 5.04. The fourth-order valence-corrected chi connectivity index (χ4v) is 2.79. The maximum Gasteiger partial charge on any atom is 0.337 e. The molecular formula is C20H20N2O4. The molecule has 0 saturated carbocycles. The lowest BCUT2D eigenvalue weighted by Crippen LogP contribution is -2.28. The zero-order chi connectivity index (χ0) is 18.7. The molecule has 2 N–H and O–H groups in total. The molecule has 1 atom stereocenters. The molecule has 0 saturated heterocycles. The minimum absolute atomic E-state index is 0.0932. The Hall–Kier alpha value is -3.12. The van der Waals surface area contributed by atoms with E-state index in [1.165, 1.54) is 19.2 Å². The minimum atomic E-state index is -0.808. The Bertz CT molecular complexity index is 944. The number of hydrogen-bond donors (Lipinski definition) is 2. The largest absolute Gasteiger partial charge is 0.465 e. The number of aliphatic hydroxyl groups is 1. The van der Waals surface area contributed by atoms with Crippen molar-refractivity contribution >= 4 is 22.8 Å². The van der Waals surface area contributed by atoms with Gasteiger partial charge in [0.2, 0.25) is 0 Å². The average Bonchev–Trinajstić information content (AvgIpc) is 3.05. The number of carbonyl (C=O) groups excluding carboxylic acids is 2. The van der Waals surface area contributed by atoms with Gasteiger partial charge in [-0.15, -0.1) is 0 Å². The highest BCUT2D eigenvalue weighted by atomic mass is 16.5. The molecule has 6 heteroatoms. The van der Waals surface area contributed by atoms with Crippen LogP contribution < -0.4 is 5.32 Å². The van der Waals surface area contributed by atoms with Crippen LogP contribution in [-0.2, 0) is 11.8 Å². The Morgan fingerprint density at radius 2 is 1.81 bits per heavy atom. The van der Waals surface area contributed by atoms with E-state index in [1.807, 2.05) is 42.1 Å². The predicted octanol–water partition coefficient (Wildman–Crippen LogP) is 2.43. The van der Waals surface area contributed by atoms with Crippen molar-refractivity contribution in [1.29, 1.82) is 0 Å². The third kappa shape index (κ3) is 3.60. The van der Waals surface area contributed by atoms with Gasteiger partial charge in [-0.25, -0.2) is 4.79 Å². The summed E-state index contributed by atoms with van der Waals surface area (Å²) in [7, 11) is 3.27. The summed E-state index contributed by atoms with van der Waals surface area (Å²) in [6, 6.07) is 13.8. The lowest BCUT2D eigenvalue weighted by molar-refractivity contribution is 0.0600. The molecule has 3 rings (SSSR count). The standard InChI is InChI=1S/C20H20N2O4/c1-22-10-9-15-11-16(7-8-17(15)22)18(23)12-21-19(24)13-3-5-14(6-4-13)20(25)26-2/h3-11,18,23H,12H2,1-2H3,(H,21,24)/t18-/m1/s1. The number of carbonyl (C=O) groups is 2. The van der Waals surface area contributed by atoms with Crippen molar-refractivity contribution in [1.82, 2.24) is 9.88 Å². The summed E-state index contributed by atoms with van der Waals surface area (Å²) in [4.78, 5) is 23.6. The number of nitrogens with one attached hydrogen (secondary N) is 1. The summed E-state index contributed by atoms with van der Waals surface area (Å²) in [6.07, 6.45) is 1.15. The third-order valence-electron chi connectivity index (χ3n) is 4.32. The number of esters is 1. The van der Waals surface area contributed by atoms with E-state index in [2.05, 4.69) is 10.1 Å². The normalized spacial score (nSPS) is 12.0. The van der Waals surface area contributed by atoms with E-state index in [-0.39, 0.29) is 12.5 Å². The van der Waals surface area contributed by atoms with Crippen molar-refractivity contribution in [2.75, 3.05) is 13.7 Å². The van der Waals surface area contributed by atoms with Crippen LogP contribution in [-0.4, -0.2) is 35.2 Å². The summed E-state index contributed by atoms with van der Waals surface area (Å²) in [5.41, 5.74) is 2.60. The van der Waals surface area contributed by atoms with E-state index in [1.54, 1.807) is 12.1 Å². The smallest absolute Gasteiger partial charge is 0.337 e. The van der Waals surface area contributed by atoms with E-state index >= 15 is 0 Å². The SMILES string of the molecule is COC(=O)c1ccc(C(=O)NC[C@@H](O)c2ccc3c(ccn3C)c2)cc1. The van der Waals surface area contributed by atoms with Crippen molar-refractivity contribution < 1.29 is 19.4 Å². The van der Waals surface area contributed by atoms with Gasteiger partial charge in [-0.2, -0.15) is 0 Å². The maximum atomic E-state index is 12.2. The number of ether oxygens (including phenoxy) is 1. The van der Waals surface area contributed by atoms with E-state index < -0.39 is 12.1 Å². The fourth-order valence-electron chi connectivity index (χ4n) is 2.79. The first-order valence-electron chi connectivity index (χ1n) is 8.19. The topological polar surface area (TPSA) is 80.6 Å². The second kappa shape index (κ2) is 7.41. The maximum absolute atomic E-state index is 12.2. The van der Waals surface area contributed by atoms with Crippen molar-refractivity contribution in [3.8, 4) is 0 Å². The molecule has 0 aliphatic carbocycles. The number of amides is 1. The van der Waals surface area contributed by atoms with Gasteiger partial charge in [0.05, 0.1) is 18.8 Å². The molecule has 26 heavy (non-hydrogen) atoms. The summed E-state index contributed by atoms with van der Waals surface area (Å²) in [5.74, 6) is -0.773. The summed E-state index contributed by atoms with van der Waals surface area (Å²) in [5, 5.41) is 14.1. The number of hydrogen-bond acceptors (Lipinski definition) is 4. The number of methoxy groups -OCH3 is 1. The number of fused-ring (bicyclic) bond motifs is 1. The van der Waals surface area contributed by atoms with Crippen molar-refractivity contribution in [3.63, 3.8) is 0 Å². The lowest BCUT2D eigenvalue weighted by atomic mass is 10.1. The monoisotopic (exact) mass is 352 g/mol. The highest BCUT2D eigenvalue weighted by molar-refractivity contribution is 5.96. The molecule has 0 unspecified atom stereocenters. The van der Waals surface area contributed by atoms with Crippen LogP contribution in [0.15, 0.2) is 54.7 Å². The van der Waals surface area contributed by atoms with Gasteiger partial charge in [-0.05, 0) is 53.4 Å². The first-order valence-corrected chi connectivity index (χ1v) is 8.19. The Labute approximate surface area is 151 Å². The van der Waals surface area contributed by atoms with Crippen LogP contribution in [0.4, 0.5) is 0 Å². The van der Waals surface area contributed by atoms with Crippen LogP contribution >= 0.6 is 0 Å². The van der Waals surface area contributed by atoms with Gasteiger partial charge in [0.25, 0.3) is 5.91 Å². The molecule has 0 aliphatic heterocycles. The van der Waals surface area contributed by atoms with Gasteiger partial charge in [0.15, 0.2) is 0 Å². The lowest BCUT2D eigenvalue weighted by Gasteiger charge is -2.13. The molecule has 0 fully saturated rings. The Morgan fingerprint density at radius 1 is 1.12 bits per heavy atom. The van der Waals surface area contributed by atoms with Gasteiger partial charge in [0, 0.05) is 30.9 Å². The number of benzene rings is 2. The van der Waals surface area contributed by atoms with Crippen LogP contribution in [0, 0.1) is 0 Å². The Morgan fingerprint density at radius 3 is 2.50 bits per heavy atom. The van der Waals surface area contributed by atoms with Gasteiger partial charge >= 0.3 is 5.97 Å². The molecule has 0 bridgehead atoms. The van der Waals surface area contributed by atoms with Crippen LogP contribution in [0.1, 0.15) is 32.4 Å². The first-order chi connectivity index (χ1) is 12.5. The van der Waals surface area contributed by atoms with E-state index in [9.17, 15) is 14.7 Å². The number of aromatic nitrogens is 1. The fraction of sp³-hybridized carbons (Fsp3) is 0.200. The first kappa shape index (κ1) is 17.7. The number of rotatable bonds is 5. The molecule has 3 aromatic rings. The number of aryl methyl sites for hydroxylation is 1. The zero-order valence-electron chi connectivity index (χ0n) is 14.6. The van der Waals surface area contributed by atoms with Crippen molar-refractivity contribution in [3.05, 3.63) is 71.4 Å². The second-order valence-corrected chi connectivity index (χ2v) is 6.04. The molecule has 1 amide bonds. The molecular weight excluding hydrogens is 332 g/mol. The predicted molar refractivity (Wildman–Crippen MR) is 98.0 cm³/mol. The average molecular weight is 352 g/mol. The molecule has 0 radical (unpaired) electrons.